The monoisotopic (exact) mass is 270 g/mol. The molecule has 1 aromatic carbocycles. The maximum absolute atomic E-state index is 11.3. The predicted octanol–water partition coefficient (Wildman–Crippen LogP) is 2.42. The highest BCUT2D eigenvalue weighted by molar-refractivity contribution is 5.87. The molecule has 0 saturated heterocycles. The fraction of sp³-hybridized carbons (Fsp3) is 0.200. The maximum Gasteiger partial charge on any atom is 0.352 e. The number of carboxylic acid groups (broad SMARTS) is 1. The Labute approximate surface area is 116 Å². The third kappa shape index (κ3) is 2.50. The Kier molecular flexibility index (Phi) is 3.76. The number of ether oxygens (including phenoxy) is 1. The number of hydrogen-bond donors (Lipinski definition) is 1. The molecule has 5 nitrogen and oxygen atoms in total. The van der Waals surface area contributed by atoms with Crippen molar-refractivity contribution in [1.29, 1.82) is 5.26 Å². The quantitative estimate of drug-likeness (QED) is 0.925. The van der Waals surface area contributed by atoms with Gasteiger partial charge in [-0.2, -0.15) is 5.26 Å². The van der Waals surface area contributed by atoms with Gasteiger partial charge in [0, 0.05) is 11.8 Å². The SMILES string of the molecule is COc1ccc(C#N)cc1Cn1ccc(C)c1C(=O)O. The number of methoxy groups -OCH3 is 1. The second-order valence-corrected chi connectivity index (χ2v) is 4.42. The fourth-order valence-electron chi connectivity index (χ4n) is 2.16. The topological polar surface area (TPSA) is 75.2 Å². The minimum Gasteiger partial charge on any atom is -0.496 e. The van der Waals surface area contributed by atoms with Gasteiger partial charge < -0.3 is 14.4 Å². The van der Waals surface area contributed by atoms with Gasteiger partial charge >= 0.3 is 5.97 Å². The van der Waals surface area contributed by atoms with Crippen LogP contribution in [0.5, 0.6) is 5.75 Å². The number of aromatic carboxylic acids is 1. The molecule has 0 aliphatic rings. The largest absolute Gasteiger partial charge is 0.496 e. The standard InChI is InChI=1S/C15H14N2O3/c1-10-5-6-17(14(10)15(18)19)9-12-7-11(8-16)3-4-13(12)20-2/h3-7H,9H2,1-2H3,(H,18,19). The first kappa shape index (κ1) is 13.7. The third-order valence-electron chi connectivity index (χ3n) is 3.12. The zero-order chi connectivity index (χ0) is 14.7. The van der Waals surface area contributed by atoms with Crippen molar-refractivity contribution >= 4 is 5.97 Å². The second kappa shape index (κ2) is 5.49. The summed E-state index contributed by atoms with van der Waals surface area (Å²) in [6, 6.07) is 8.91. The van der Waals surface area contributed by atoms with Crippen molar-refractivity contribution < 1.29 is 14.6 Å². The van der Waals surface area contributed by atoms with E-state index < -0.39 is 5.97 Å². The van der Waals surface area contributed by atoms with Crippen LogP contribution in [0.3, 0.4) is 0 Å². The van der Waals surface area contributed by atoms with Crippen LogP contribution in [-0.4, -0.2) is 22.8 Å². The van der Waals surface area contributed by atoms with E-state index >= 15 is 0 Å². The van der Waals surface area contributed by atoms with Gasteiger partial charge in [0.15, 0.2) is 0 Å². The molecule has 1 heterocycles. The summed E-state index contributed by atoms with van der Waals surface area (Å²) < 4.78 is 6.89. The van der Waals surface area contributed by atoms with Crippen molar-refractivity contribution in [2.75, 3.05) is 7.11 Å². The van der Waals surface area contributed by atoms with Gasteiger partial charge in [-0.3, -0.25) is 0 Å². The summed E-state index contributed by atoms with van der Waals surface area (Å²) in [4.78, 5) is 11.3. The van der Waals surface area contributed by atoms with E-state index in [4.69, 9.17) is 10.00 Å². The van der Waals surface area contributed by atoms with E-state index in [0.29, 0.717) is 23.4 Å². The van der Waals surface area contributed by atoms with E-state index in [-0.39, 0.29) is 5.69 Å². The van der Waals surface area contributed by atoms with E-state index in [1.54, 1.807) is 49.1 Å². The first-order valence-corrected chi connectivity index (χ1v) is 6.03. The van der Waals surface area contributed by atoms with Gasteiger partial charge in [0.2, 0.25) is 0 Å². The lowest BCUT2D eigenvalue weighted by molar-refractivity contribution is 0.0685. The Morgan fingerprint density at radius 3 is 2.80 bits per heavy atom. The molecule has 0 radical (unpaired) electrons. The number of hydrogen-bond acceptors (Lipinski definition) is 3. The van der Waals surface area contributed by atoms with Gasteiger partial charge in [0.1, 0.15) is 11.4 Å². The second-order valence-electron chi connectivity index (χ2n) is 4.42. The number of nitriles is 1. The number of carboxylic acids is 1. The zero-order valence-corrected chi connectivity index (χ0v) is 11.3. The summed E-state index contributed by atoms with van der Waals surface area (Å²) >= 11 is 0. The van der Waals surface area contributed by atoms with Gasteiger partial charge in [-0.05, 0) is 36.8 Å². The molecule has 20 heavy (non-hydrogen) atoms. The van der Waals surface area contributed by atoms with Crippen molar-refractivity contribution in [3.63, 3.8) is 0 Å². The van der Waals surface area contributed by atoms with Crippen LogP contribution in [0.4, 0.5) is 0 Å². The molecule has 0 spiro atoms. The van der Waals surface area contributed by atoms with Crippen LogP contribution in [0, 0.1) is 18.3 Å². The number of carbonyl (C=O) groups is 1. The summed E-state index contributed by atoms with van der Waals surface area (Å²) in [5.41, 5.74) is 2.23. The summed E-state index contributed by atoms with van der Waals surface area (Å²) in [7, 11) is 1.55. The van der Waals surface area contributed by atoms with Crippen LogP contribution in [0.25, 0.3) is 0 Å². The minimum absolute atomic E-state index is 0.245. The summed E-state index contributed by atoms with van der Waals surface area (Å²) in [6.07, 6.45) is 1.72. The van der Waals surface area contributed by atoms with Crippen LogP contribution < -0.4 is 4.74 Å². The Bertz CT molecular complexity index is 696. The van der Waals surface area contributed by atoms with Gasteiger partial charge in [-0.25, -0.2) is 4.79 Å². The lowest BCUT2D eigenvalue weighted by Gasteiger charge is -2.11. The van der Waals surface area contributed by atoms with E-state index in [9.17, 15) is 9.90 Å². The molecule has 2 rings (SSSR count). The lowest BCUT2D eigenvalue weighted by atomic mass is 10.1. The maximum atomic E-state index is 11.3. The van der Waals surface area contributed by atoms with Gasteiger partial charge in [-0.15, -0.1) is 0 Å². The molecular formula is C15H14N2O3. The van der Waals surface area contributed by atoms with Crippen LogP contribution in [-0.2, 0) is 6.54 Å². The highest BCUT2D eigenvalue weighted by Gasteiger charge is 2.15. The first-order valence-electron chi connectivity index (χ1n) is 6.03. The van der Waals surface area contributed by atoms with E-state index in [1.165, 1.54) is 0 Å². The Morgan fingerprint density at radius 1 is 1.45 bits per heavy atom. The van der Waals surface area contributed by atoms with Gasteiger partial charge in [0.25, 0.3) is 0 Å². The molecule has 0 fully saturated rings. The summed E-state index contributed by atoms with van der Waals surface area (Å²) in [5.74, 6) is -0.338. The number of nitrogens with zero attached hydrogens (tertiary/aromatic N) is 2. The van der Waals surface area contributed by atoms with E-state index in [1.807, 2.05) is 0 Å². The smallest absolute Gasteiger partial charge is 0.352 e. The molecular weight excluding hydrogens is 256 g/mol. The van der Waals surface area contributed by atoms with Gasteiger partial charge in [0.05, 0.1) is 25.3 Å². The predicted molar refractivity (Wildman–Crippen MR) is 72.9 cm³/mol. The first-order chi connectivity index (χ1) is 9.56. The molecule has 0 atom stereocenters. The van der Waals surface area contributed by atoms with E-state index in [0.717, 1.165) is 5.56 Å². The van der Waals surface area contributed by atoms with Crippen molar-refractivity contribution in [2.45, 2.75) is 13.5 Å². The van der Waals surface area contributed by atoms with Gasteiger partial charge in [-0.1, -0.05) is 0 Å². The number of benzene rings is 1. The normalized spacial score (nSPS) is 10.1. The fourth-order valence-corrected chi connectivity index (χ4v) is 2.16. The van der Waals surface area contributed by atoms with E-state index in [2.05, 4.69) is 6.07 Å². The summed E-state index contributed by atoms with van der Waals surface area (Å²) in [6.45, 7) is 2.09. The highest BCUT2D eigenvalue weighted by atomic mass is 16.5. The van der Waals surface area contributed by atoms with Crippen LogP contribution in [0.1, 0.15) is 27.2 Å². The number of aryl methyl sites for hydroxylation is 1. The molecule has 0 bridgehead atoms. The van der Waals surface area contributed by atoms with Crippen LogP contribution >= 0.6 is 0 Å². The Morgan fingerprint density at radius 2 is 2.20 bits per heavy atom. The van der Waals surface area contributed by atoms with Crippen LogP contribution in [0.15, 0.2) is 30.5 Å². The lowest BCUT2D eigenvalue weighted by Crippen LogP contribution is -2.10. The zero-order valence-electron chi connectivity index (χ0n) is 11.3. The van der Waals surface area contributed by atoms with Crippen molar-refractivity contribution in [3.8, 4) is 11.8 Å². The molecule has 1 N–H and O–H groups in total. The Balaban J connectivity index is 2.44. The van der Waals surface area contributed by atoms with Crippen molar-refractivity contribution in [3.05, 3.63) is 52.8 Å². The third-order valence-corrected chi connectivity index (χ3v) is 3.12. The molecule has 0 aliphatic carbocycles. The molecule has 0 saturated carbocycles. The molecule has 5 heteroatoms. The molecule has 1 aromatic heterocycles. The Hall–Kier alpha value is -2.74. The van der Waals surface area contributed by atoms with Crippen molar-refractivity contribution in [2.24, 2.45) is 0 Å². The molecule has 0 amide bonds. The minimum atomic E-state index is -0.970. The number of aromatic nitrogens is 1. The van der Waals surface area contributed by atoms with Crippen molar-refractivity contribution in [1.82, 2.24) is 4.57 Å². The summed E-state index contributed by atoms with van der Waals surface area (Å²) in [5, 5.41) is 18.2. The van der Waals surface area contributed by atoms with Crippen LogP contribution in [0.2, 0.25) is 0 Å². The molecule has 0 aliphatic heterocycles. The molecule has 0 unspecified atom stereocenters. The molecule has 102 valence electrons. The average molecular weight is 270 g/mol. The molecule has 2 aromatic rings. The highest BCUT2D eigenvalue weighted by Crippen LogP contribution is 2.22. The number of rotatable bonds is 4. The average Bonchev–Trinajstić information content (AvgIpc) is 2.79.